The van der Waals surface area contributed by atoms with Crippen LogP contribution < -0.4 is 0 Å². The molecule has 0 aliphatic carbocycles. The average molecular weight is 251 g/mol. The largest absolute Gasteiger partial charge is 0.481 e. The van der Waals surface area contributed by atoms with E-state index in [2.05, 4.69) is 23.1 Å². The quantitative estimate of drug-likeness (QED) is 0.882. The first kappa shape index (κ1) is 13.1. The number of aryl methyl sites for hydroxylation is 2. The highest BCUT2D eigenvalue weighted by Gasteiger charge is 2.29. The SMILES string of the molecule is Cc1nn(C)cc1C(C)N1CCC(CC(=O)O)C1. The zero-order valence-electron chi connectivity index (χ0n) is 11.3. The van der Waals surface area contributed by atoms with Gasteiger partial charge in [0.2, 0.25) is 0 Å². The van der Waals surface area contributed by atoms with Crippen molar-refractivity contribution in [3.63, 3.8) is 0 Å². The molecule has 100 valence electrons. The molecule has 5 heteroatoms. The van der Waals surface area contributed by atoms with Crippen LogP contribution in [0.5, 0.6) is 0 Å². The second-order valence-corrected chi connectivity index (χ2v) is 5.27. The Balaban J connectivity index is 2.01. The minimum Gasteiger partial charge on any atom is -0.481 e. The van der Waals surface area contributed by atoms with E-state index in [0.717, 1.165) is 25.2 Å². The zero-order chi connectivity index (χ0) is 13.3. The van der Waals surface area contributed by atoms with E-state index in [-0.39, 0.29) is 6.42 Å². The fraction of sp³-hybridized carbons (Fsp3) is 0.692. The van der Waals surface area contributed by atoms with Crippen molar-refractivity contribution in [2.75, 3.05) is 13.1 Å². The Bertz CT molecular complexity index is 441. The molecule has 0 spiro atoms. The number of hydrogen-bond donors (Lipinski definition) is 1. The van der Waals surface area contributed by atoms with Crippen LogP contribution in [0.3, 0.4) is 0 Å². The van der Waals surface area contributed by atoms with Crippen molar-refractivity contribution in [3.8, 4) is 0 Å². The van der Waals surface area contributed by atoms with Crippen molar-refractivity contribution < 1.29 is 9.90 Å². The summed E-state index contributed by atoms with van der Waals surface area (Å²) in [6.07, 6.45) is 3.33. The van der Waals surface area contributed by atoms with E-state index in [4.69, 9.17) is 5.11 Å². The Morgan fingerprint density at radius 2 is 2.39 bits per heavy atom. The number of aliphatic carboxylic acids is 1. The van der Waals surface area contributed by atoms with E-state index in [0.29, 0.717) is 12.0 Å². The van der Waals surface area contributed by atoms with Crippen LogP contribution in [-0.2, 0) is 11.8 Å². The van der Waals surface area contributed by atoms with Gasteiger partial charge in [0.05, 0.1) is 5.69 Å². The molecule has 1 aromatic rings. The van der Waals surface area contributed by atoms with Crippen LogP contribution >= 0.6 is 0 Å². The Labute approximate surface area is 107 Å². The molecular weight excluding hydrogens is 230 g/mol. The molecule has 1 fully saturated rings. The Morgan fingerprint density at radius 3 is 2.94 bits per heavy atom. The molecule has 2 heterocycles. The molecule has 1 aliphatic heterocycles. The minimum absolute atomic E-state index is 0.287. The maximum absolute atomic E-state index is 10.7. The molecule has 2 atom stereocenters. The number of likely N-dealkylation sites (tertiary alicyclic amines) is 1. The molecule has 0 amide bonds. The van der Waals surface area contributed by atoms with Gasteiger partial charge in [0.1, 0.15) is 0 Å². The summed E-state index contributed by atoms with van der Waals surface area (Å²) in [6, 6.07) is 0.317. The smallest absolute Gasteiger partial charge is 0.303 e. The summed E-state index contributed by atoms with van der Waals surface area (Å²) in [6.45, 7) is 6.05. The zero-order valence-corrected chi connectivity index (χ0v) is 11.3. The topological polar surface area (TPSA) is 58.4 Å². The molecule has 1 saturated heterocycles. The molecule has 0 aromatic carbocycles. The monoisotopic (exact) mass is 251 g/mol. The van der Waals surface area contributed by atoms with Crippen LogP contribution in [0.4, 0.5) is 0 Å². The fourth-order valence-electron chi connectivity index (χ4n) is 2.85. The molecule has 2 rings (SSSR count). The lowest BCUT2D eigenvalue weighted by Gasteiger charge is -2.23. The number of hydrogen-bond acceptors (Lipinski definition) is 3. The van der Waals surface area contributed by atoms with E-state index >= 15 is 0 Å². The fourth-order valence-corrected chi connectivity index (χ4v) is 2.85. The van der Waals surface area contributed by atoms with Gasteiger partial charge in [-0.25, -0.2) is 0 Å². The lowest BCUT2D eigenvalue weighted by atomic mass is 10.1. The second kappa shape index (κ2) is 5.10. The third-order valence-electron chi connectivity index (χ3n) is 3.83. The molecule has 1 N–H and O–H groups in total. The predicted octanol–water partition coefficient (Wildman–Crippen LogP) is 1.59. The summed E-state index contributed by atoms with van der Waals surface area (Å²) in [7, 11) is 1.93. The summed E-state index contributed by atoms with van der Waals surface area (Å²) in [5, 5.41) is 13.2. The molecule has 5 nitrogen and oxygen atoms in total. The van der Waals surface area contributed by atoms with Crippen LogP contribution in [-0.4, -0.2) is 38.8 Å². The summed E-state index contributed by atoms with van der Waals surface area (Å²) >= 11 is 0. The van der Waals surface area contributed by atoms with Crippen LogP contribution in [0.2, 0.25) is 0 Å². The van der Waals surface area contributed by atoms with Gasteiger partial charge in [-0.3, -0.25) is 14.4 Å². The molecule has 0 bridgehead atoms. The highest BCUT2D eigenvalue weighted by Crippen LogP contribution is 2.29. The van der Waals surface area contributed by atoms with E-state index in [1.165, 1.54) is 5.56 Å². The maximum atomic E-state index is 10.7. The van der Waals surface area contributed by atoms with Crippen LogP contribution in [0.1, 0.15) is 37.1 Å². The van der Waals surface area contributed by atoms with Gasteiger partial charge >= 0.3 is 5.97 Å². The number of aromatic nitrogens is 2. The number of rotatable bonds is 4. The van der Waals surface area contributed by atoms with E-state index in [1.54, 1.807) is 0 Å². The van der Waals surface area contributed by atoms with E-state index in [9.17, 15) is 4.79 Å². The van der Waals surface area contributed by atoms with Crippen molar-refractivity contribution in [2.45, 2.75) is 32.7 Å². The summed E-state index contributed by atoms with van der Waals surface area (Å²) in [5.41, 5.74) is 2.31. The first-order valence-electron chi connectivity index (χ1n) is 6.43. The lowest BCUT2D eigenvalue weighted by molar-refractivity contribution is -0.138. The molecule has 0 radical (unpaired) electrons. The average Bonchev–Trinajstić information content (AvgIpc) is 2.84. The highest BCUT2D eigenvalue weighted by atomic mass is 16.4. The highest BCUT2D eigenvalue weighted by molar-refractivity contribution is 5.67. The Kier molecular flexibility index (Phi) is 3.71. The molecule has 2 unspecified atom stereocenters. The predicted molar refractivity (Wildman–Crippen MR) is 68.3 cm³/mol. The van der Waals surface area contributed by atoms with Gasteiger partial charge in [-0.15, -0.1) is 0 Å². The van der Waals surface area contributed by atoms with Gasteiger partial charge in [-0.05, 0) is 32.7 Å². The number of nitrogens with zero attached hydrogens (tertiary/aromatic N) is 3. The van der Waals surface area contributed by atoms with Crippen molar-refractivity contribution >= 4 is 5.97 Å². The standard InChI is InChI=1S/C13H21N3O2/c1-9-12(8-15(3)14-9)10(2)16-5-4-11(7-16)6-13(17)18/h8,10-11H,4-7H2,1-3H3,(H,17,18). The second-order valence-electron chi connectivity index (χ2n) is 5.27. The first-order valence-corrected chi connectivity index (χ1v) is 6.43. The number of carboxylic acid groups (broad SMARTS) is 1. The van der Waals surface area contributed by atoms with Crippen molar-refractivity contribution in [1.29, 1.82) is 0 Å². The van der Waals surface area contributed by atoms with Crippen molar-refractivity contribution in [2.24, 2.45) is 13.0 Å². The summed E-state index contributed by atoms with van der Waals surface area (Å²) in [5.74, 6) is -0.394. The van der Waals surface area contributed by atoms with Crippen LogP contribution in [0, 0.1) is 12.8 Å². The molecule has 1 aliphatic rings. The normalized spacial score (nSPS) is 22.3. The van der Waals surface area contributed by atoms with Gasteiger partial charge in [0.15, 0.2) is 0 Å². The number of carboxylic acids is 1. The third kappa shape index (κ3) is 2.72. The third-order valence-corrected chi connectivity index (χ3v) is 3.83. The maximum Gasteiger partial charge on any atom is 0.303 e. The molecule has 0 saturated carbocycles. The van der Waals surface area contributed by atoms with Gasteiger partial charge < -0.3 is 5.11 Å². The van der Waals surface area contributed by atoms with Crippen molar-refractivity contribution in [1.82, 2.24) is 14.7 Å². The molecule has 18 heavy (non-hydrogen) atoms. The summed E-state index contributed by atoms with van der Waals surface area (Å²) < 4.78 is 1.84. The Morgan fingerprint density at radius 1 is 1.67 bits per heavy atom. The lowest BCUT2D eigenvalue weighted by Crippen LogP contribution is -2.25. The number of carbonyl (C=O) groups is 1. The van der Waals surface area contributed by atoms with E-state index < -0.39 is 5.97 Å². The van der Waals surface area contributed by atoms with Gasteiger partial charge in [0, 0.05) is 37.8 Å². The van der Waals surface area contributed by atoms with Crippen molar-refractivity contribution in [3.05, 3.63) is 17.5 Å². The van der Waals surface area contributed by atoms with Gasteiger partial charge in [-0.1, -0.05) is 0 Å². The molecule has 1 aromatic heterocycles. The van der Waals surface area contributed by atoms with Crippen LogP contribution in [0.15, 0.2) is 6.20 Å². The minimum atomic E-state index is -0.688. The van der Waals surface area contributed by atoms with E-state index in [1.807, 2.05) is 18.7 Å². The van der Waals surface area contributed by atoms with Gasteiger partial charge in [0.25, 0.3) is 0 Å². The van der Waals surface area contributed by atoms with Gasteiger partial charge in [-0.2, -0.15) is 5.10 Å². The molecular formula is C13H21N3O2. The van der Waals surface area contributed by atoms with Crippen LogP contribution in [0.25, 0.3) is 0 Å². The Hall–Kier alpha value is -1.36. The summed E-state index contributed by atoms with van der Waals surface area (Å²) in [4.78, 5) is 13.1. The first-order chi connectivity index (χ1) is 8.47.